The van der Waals surface area contributed by atoms with E-state index >= 15 is 0 Å². The number of phenols is 2. The van der Waals surface area contributed by atoms with E-state index in [-0.39, 0.29) is 17.1 Å². The first-order valence-corrected chi connectivity index (χ1v) is 6.44. The molecule has 0 saturated carbocycles. The van der Waals surface area contributed by atoms with Gasteiger partial charge in [-0.25, -0.2) is 0 Å². The van der Waals surface area contributed by atoms with Crippen molar-refractivity contribution in [1.29, 1.82) is 0 Å². The lowest BCUT2D eigenvalue weighted by atomic mass is 10.1. The van der Waals surface area contributed by atoms with Gasteiger partial charge in [-0.15, -0.1) is 0 Å². The van der Waals surface area contributed by atoms with E-state index in [9.17, 15) is 28.2 Å². The number of hydrogen-bond acceptors (Lipinski definition) is 4. The van der Waals surface area contributed by atoms with Gasteiger partial charge in [-0.1, -0.05) is 12.1 Å². The van der Waals surface area contributed by atoms with Crippen LogP contribution in [0, 0.1) is 0 Å². The molecule has 0 amide bonds. The summed E-state index contributed by atoms with van der Waals surface area (Å²) < 4.78 is 42.7. The van der Waals surface area contributed by atoms with Crippen LogP contribution in [-0.4, -0.2) is 16.0 Å². The Balaban J connectivity index is 1.93. The number of fused-ring (bicyclic) bond motifs is 1. The molecule has 0 atom stereocenters. The number of carbonyl (C=O) groups is 1. The number of phenolic OH excluding ortho intramolecular Hbond substituents is 2. The third-order valence-corrected chi connectivity index (χ3v) is 3.33. The molecule has 3 rings (SSSR count). The van der Waals surface area contributed by atoms with E-state index in [2.05, 4.69) is 0 Å². The number of alkyl halides is 3. The normalized spacial score (nSPS) is 15.6. The van der Waals surface area contributed by atoms with Gasteiger partial charge >= 0.3 is 6.18 Å². The molecule has 0 fully saturated rings. The molecule has 1 aliphatic heterocycles. The van der Waals surface area contributed by atoms with Crippen LogP contribution in [0.3, 0.4) is 0 Å². The van der Waals surface area contributed by atoms with E-state index < -0.39 is 29.0 Å². The summed E-state index contributed by atoms with van der Waals surface area (Å²) in [4.78, 5) is 12.1. The third kappa shape index (κ3) is 2.61. The number of halogens is 3. The Kier molecular flexibility index (Phi) is 3.28. The highest BCUT2D eigenvalue weighted by atomic mass is 19.4. The molecule has 1 heterocycles. The van der Waals surface area contributed by atoms with Gasteiger partial charge in [0.2, 0.25) is 11.5 Å². The first-order chi connectivity index (χ1) is 10.8. The van der Waals surface area contributed by atoms with E-state index in [0.717, 1.165) is 18.2 Å². The highest BCUT2D eigenvalue weighted by Crippen LogP contribution is 2.44. The standard InChI is InChI=1S/C16H9F3O4/c17-16(18,19)9-3-1-8(2-4-9)7-12-13(21)10-5-6-11(20)14(22)15(10)23-12/h1-7,20,22H/b12-7-. The maximum atomic E-state index is 12.5. The molecule has 0 aliphatic carbocycles. The number of rotatable bonds is 1. The number of carbonyl (C=O) groups excluding carboxylic acids is 1. The minimum atomic E-state index is -4.44. The molecule has 0 radical (unpaired) electrons. The number of aromatic hydroxyl groups is 2. The topological polar surface area (TPSA) is 66.8 Å². The van der Waals surface area contributed by atoms with Gasteiger partial charge in [0.25, 0.3) is 0 Å². The first-order valence-electron chi connectivity index (χ1n) is 6.44. The van der Waals surface area contributed by atoms with Crippen molar-refractivity contribution in [3.8, 4) is 17.2 Å². The van der Waals surface area contributed by atoms with Crippen molar-refractivity contribution in [2.24, 2.45) is 0 Å². The van der Waals surface area contributed by atoms with Crippen LogP contribution in [0.4, 0.5) is 13.2 Å². The molecule has 2 aromatic rings. The maximum absolute atomic E-state index is 12.5. The van der Waals surface area contributed by atoms with Crippen molar-refractivity contribution in [2.45, 2.75) is 6.18 Å². The van der Waals surface area contributed by atoms with Crippen molar-refractivity contribution in [2.75, 3.05) is 0 Å². The quantitative estimate of drug-likeness (QED) is 0.620. The minimum absolute atomic E-state index is 0.0680. The molecule has 23 heavy (non-hydrogen) atoms. The Bertz CT molecular complexity index is 820. The first kappa shape index (κ1) is 15.0. The van der Waals surface area contributed by atoms with Gasteiger partial charge in [-0.2, -0.15) is 13.2 Å². The minimum Gasteiger partial charge on any atom is -0.504 e. The fraction of sp³-hybridized carbons (Fsp3) is 0.0625. The van der Waals surface area contributed by atoms with Crippen LogP contribution in [0.2, 0.25) is 0 Å². The van der Waals surface area contributed by atoms with E-state index in [1.807, 2.05) is 0 Å². The summed E-state index contributed by atoms with van der Waals surface area (Å²) in [6.07, 6.45) is -3.18. The summed E-state index contributed by atoms with van der Waals surface area (Å²) in [6.45, 7) is 0. The Morgan fingerprint density at radius 3 is 2.26 bits per heavy atom. The number of allylic oxidation sites excluding steroid dienone is 1. The van der Waals surface area contributed by atoms with Crippen molar-refractivity contribution >= 4 is 11.9 Å². The fourth-order valence-electron chi connectivity index (χ4n) is 2.15. The SMILES string of the molecule is O=C1/C(=C/c2ccc(C(F)(F)F)cc2)Oc2c1ccc(O)c2O. The molecule has 0 bridgehead atoms. The summed E-state index contributed by atoms with van der Waals surface area (Å²) in [6, 6.07) is 6.63. The largest absolute Gasteiger partial charge is 0.504 e. The summed E-state index contributed by atoms with van der Waals surface area (Å²) in [5, 5.41) is 19.1. The van der Waals surface area contributed by atoms with Crippen LogP contribution in [0.1, 0.15) is 21.5 Å². The van der Waals surface area contributed by atoms with Crippen molar-refractivity contribution in [1.82, 2.24) is 0 Å². The lowest BCUT2D eigenvalue weighted by Crippen LogP contribution is -2.04. The van der Waals surface area contributed by atoms with Gasteiger partial charge < -0.3 is 14.9 Å². The van der Waals surface area contributed by atoms with E-state index in [4.69, 9.17) is 4.74 Å². The van der Waals surface area contributed by atoms with E-state index in [1.54, 1.807) is 0 Å². The molecule has 2 aromatic carbocycles. The predicted molar refractivity (Wildman–Crippen MR) is 74.2 cm³/mol. The van der Waals surface area contributed by atoms with Gasteiger partial charge in [0.15, 0.2) is 17.3 Å². The summed E-state index contributed by atoms with van der Waals surface area (Å²) in [7, 11) is 0. The molecule has 4 nitrogen and oxygen atoms in total. The maximum Gasteiger partial charge on any atom is 0.416 e. The number of ketones is 1. The van der Waals surface area contributed by atoms with Crippen molar-refractivity contribution in [3.63, 3.8) is 0 Å². The van der Waals surface area contributed by atoms with Crippen LogP contribution in [0.25, 0.3) is 6.08 Å². The molecule has 0 unspecified atom stereocenters. The molecule has 0 saturated heterocycles. The highest BCUT2D eigenvalue weighted by molar-refractivity contribution is 6.15. The molecule has 0 aromatic heterocycles. The molecule has 7 heteroatoms. The van der Waals surface area contributed by atoms with Crippen LogP contribution < -0.4 is 4.74 Å². The molecule has 118 valence electrons. The molecular formula is C16H9F3O4. The zero-order valence-electron chi connectivity index (χ0n) is 11.4. The lowest BCUT2D eigenvalue weighted by Gasteiger charge is -2.06. The van der Waals surface area contributed by atoms with Crippen molar-refractivity contribution in [3.05, 3.63) is 58.8 Å². The second-order valence-electron chi connectivity index (χ2n) is 4.87. The Morgan fingerprint density at radius 1 is 1.00 bits per heavy atom. The average Bonchev–Trinajstić information content (AvgIpc) is 2.80. The Labute approximate surface area is 128 Å². The zero-order valence-corrected chi connectivity index (χ0v) is 11.4. The van der Waals surface area contributed by atoms with Gasteiger partial charge in [-0.05, 0) is 35.9 Å². The number of Topliss-reactive ketones (excluding diaryl/α,β-unsaturated/α-hetero) is 1. The number of hydrogen-bond donors (Lipinski definition) is 2. The Hall–Kier alpha value is -2.96. The van der Waals surface area contributed by atoms with Crippen molar-refractivity contribution < 1.29 is 32.9 Å². The fourth-order valence-corrected chi connectivity index (χ4v) is 2.15. The monoisotopic (exact) mass is 322 g/mol. The van der Waals surface area contributed by atoms with E-state index in [1.165, 1.54) is 24.3 Å². The van der Waals surface area contributed by atoms with Crippen LogP contribution >= 0.6 is 0 Å². The zero-order chi connectivity index (χ0) is 16.8. The number of benzene rings is 2. The second-order valence-corrected chi connectivity index (χ2v) is 4.87. The molecule has 2 N–H and O–H groups in total. The molecular weight excluding hydrogens is 313 g/mol. The van der Waals surface area contributed by atoms with E-state index in [0.29, 0.717) is 5.56 Å². The summed E-state index contributed by atoms with van der Waals surface area (Å²) in [5.41, 5.74) is -0.402. The molecule has 1 aliphatic rings. The van der Waals surface area contributed by atoms with Gasteiger partial charge in [0.05, 0.1) is 11.1 Å². The average molecular weight is 322 g/mol. The third-order valence-electron chi connectivity index (χ3n) is 3.33. The lowest BCUT2D eigenvalue weighted by molar-refractivity contribution is -0.137. The number of ether oxygens (including phenoxy) is 1. The van der Waals surface area contributed by atoms with Gasteiger partial charge in [0.1, 0.15) is 0 Å². The smallest absolute Gasteiger partial charge is 0.416 e. The molecule has 0 spiro atoms. The highest BCUT2D eigenvalue weighted by Gasteiger charge is 2.32. The summed E-state index contributed by atoms with van der Waals surface area (Å²) >= 11 is 0. The van der Waals surface area contributed by atoms with Gasteiger partial charge in [0, 0.05) is 0 Å². The Morgan fingerprint density at radius 2 is 1.65 bits per heavy atom. The van der Waals surface area contributed by atoms with Crippen LogP contribution in [-0.2, 0) is 6.18 Å². The van der Waals surface area contributed by atoms with Crippen LogP contribution in [0.15, 0.2) is 42.2 Å². The summed E-state index contributed by atoms with van der Waals surface area (Å²) in [5.74, 6) is -1.86. The predicted octanol–water partition coefficient (Wildman–Crippen LogP) is 3.73. The van der Waals surface area contributed by atoms with Gasteiger partial charge in [-0.3, -0.25) is 4.79 Å². The van der Waals surface area contributed by atoms with Crippen LogP contribution in [0.5, 0.6) is 17.2 Å². The second kappa shape index (κ2) is 5.05.